The summed E-state index contributed by atoms with van der Waals surface area (Å²) in [6.07, 6.45) is 5.16. The number of ketones is 2. The molecule has 2 aromatic heterocycles. The highest BCUT2D eigenvalue weighted by Crippen LogP contribution is 2.30. The van der Waals surface area contributed by atoms with Crippen LogP contribution >= 0.6 is 47.8 Å². The molecule has 0 saturated carbocycles. The summed E-state index contributed by atoms with van der Waals surface area (Å²) in [5.41, 5.74) is 1.77. The minimum absolute atomic E-state index is 0.106. The summed E-state index contributed by atoms with van der Waals surface area (Å²) in [5, 5.41) is 11.2. The molecule has 4 heterocycles. The van der Waals surface area contributed by atoms with Gasteiger partial charge in [0.1, 0.15) is 23.3 Å². The lowest BCUT2D eigenvalue weighted by Gasteiger charge is -2.27. The Morgan fingerprint density at radius 2 is 1.10 bits per heavy atom. The fourth-order valence-corrected chi connectivity index (χ4v) is 7.92. The minimum atomic E-state index is -0.960. The van der Waals surface area contributed by atoms with E-state index in [1.165, 1.54) is 9.80 Å². The second kappa shape index (κ2) is 19.9. The van der Waals surface area contributed by atoms with Crippen molar-refractivity contribution >= 4 is 105 Å². The highest BCUT2D eigenvalue weighted by molar-refractivity contribution is 9.11. The van der Waals surface area contributed by atoms with Crippen LogP contribution in [0.25, 0.3) is 21.8 Å². The third kappa shape index (κ3) is 12.2. The Morgan fingerprint density at radius 1 is 0.678 bits per heavy atom. The Balaban J connectivity index is 0.000000215. The molecule has 2 fully saturated rings. The Morgan fingerprint density at radius 3 is 1.53 bits per heavy atom. The van der Waals surface area contributed by atoms with E-state index >= 15 is 0 Å². The Labute approximate surface area is 368 Å². The third-order valence-electron chi connectivity index (χ3n) is 9.35. The number of alkyl halides is 1. The van der Waals surface area contributed by atoms with Crippen molar-refractivity contribution in [2.45, 2.75) is 90.5 Å². The number of benzene rings is 2. The van der Waals surface area contributed by atoms with Crippen molar-refractivity contribution in [3.63, 3.8) is 0 Å². The van der Waals surface area contributed by atoms with Gasteiger partial charge in [0.15, 0.2) is 12.4 Å². The highest BCUT2D eigenvalue weighted by atomic mass is 79.9. The van der Waals surface area contributed by atoms with Crippen LogP contribution in [0.2, 0.25) is 0 Å². The fraction of sp³-hybridized carbons (Fsp3) is 0.476. The molecule has 17 heteroatoms. The van der Waals surface area contributed by atoms with Crippen LogP contribution in [0.3, 0.4) is 0 Å². The Hall–Kier alpha value is -4.22. The molecule has 6 rings (SSSR count). The van der Waals surface area contributed by atoms with Crippen LogP contribution in [0.4, 0.5) is 9.59 Å². The number of hydrogen-bond donors (Lipinski definition) is 1. The van der Waals surface area contributed by atoms with Crippen molar-refractivity contribution in [1.82, 2.24) is 18.9 Å². The summed E-state index contributed by atoms with van der Waals surface area (Å²) in [4.78, 5) is 74.5. The van der Waals surface area contributed by atoms with Crippen LogP contribution < -0.4 is 0 Å². The number of halogens is 3. The van der Waals surface area contributed by atoms with Gasteiger partial charge in [-0.25, -0.2) is 19.2 Å². The quantitative estimate of drug-likeness (QED) is 0.0817. The number of carbonyl (C=O) groups excluding carboxylic acids is 5. The summed E-state index contributed by atoms with van der Waals surface area (Å²) >= 11 is 10.2. The standard InChI is InChI=1S/C21H25BrN2O5.C11H9Br2NO.C10H17NO4/c1-21(2,3)29-20(27)24-10-5-6-16(24)19(26)28-12-17(25)14-7-8-15(22)13-9-11-23(4)18(13)14;1-14-5-4-7-9(13)3-2-8(11(7)14)10(15)6-12;1-10(2,3)15-9(14)11-6-4-5-7(11)8(12)13/h7-9,11,16H,5-6,10,12H2,1-4H3;2-5H,6H2,1H3;7H,4-6H2,1-3H3,(H,12,13)/t16-;;7-/m0.0/s1. The molecule has 2 aliphatic rings. The Bertz CT molecular complexity index is 2220. The molecular formula is C42H51Br3N4O10. The second-order valence-electron chi connectivity index (χ2n) is 16.2. The Kier molecular flexibility index (Phi) is 16.0. The largest absolute Gasteiger partial charge is 0.480 e. The van der Waals surface area contributed by atoms with Crippen LogP contribution in [0.15, 0.2) is 57.7 Å². The molecule has 0 bridgehead atoms. The first kappa shape index (κ1) is 47.5. The van der Waals surface area contributed by atoms with Gasteiger partial charge in [-0.3, -0.25) is 19.4 Å². The summed E-state index contributed by atoms with van der Waals surface area (Å²) in [7, 11) is 3.80. The molecule has 2 atom stereocenters. The van der Waals surface area contributed by atoms with Crippen molar-refractivity contribution in [3.05, 3.63) is 68.9 Å². The number of carboxylic acid groups (broad SMARTS) is 1. The van der Waals surface area contributed by atoms with Crippen LogP contribution in [0.5, 0.6) is 0 Å². The maximum Gasteiger partial charge on any atom is 0.411 e. The van der Waals surface area contributed by atoms with Crippen LogP contribution in [0.1, 0.15) is 87.9 Å². The normalized spacial score (nSPS) is 16.5. The van der Waals surface area contributed by atoms with Gasteiger partial charge in [-0.2, -0.15) is 0 Å². The molecule has 2 aliphatic heterocycles. The molecule has 0 unspecified atom stereocenters. The number of Topliss-reactive ketones (excluding diaryl/α,β-unsaturated/α-hetero) is 2. The molecule has 1 N–H and O–H groups in total. The number of aryl methyl sites for hydroxylation is 2. The number of aliphatic carboxylic acids is 1. The number of fused-ring (bicyclic) bond motifs is 2. The fourth-order valence-electron chi connectivity index (χ4n) is 6.71. The van der Waals surface area contributed by atoms with Gasteiger partial charge in [-0.05, 0) is 104 Å². The van der Waals surface area contributed by atoms with Crippen molar-refractivity contribution < 1.29 is 48.1 Å². The molecular weight excluding hydrogens is 960 g/mol. The number of likely N-dealkylation sites (tertiary alicyclic amines) is 2. The van der Waals surface area contributed by atoms with Crippen molar-refractivity contribution in [1.29, 1.82) is 0 Å². The molecule has 2 saturated heterocycles. The molecule has 2 aromatic carbocycles. The first-order chi connectivity index (χ1) is 27.5. The zero-order valence-corrected chi connectivity index (χ0v) is 39.2. The SMILES string of the molecule is CC(C)(C)OC(=O)N1CCC[C@H]1C(=O)O.Cn1ccc2c(Br)ccc(C(=O)CBr)c21.Cn1ccc2c(Br)ccc(C(=O)COC(=O)[C@@H]3CCCN3C(=O)OC(C)(C)C)c21. The van der Waals surface area contributed by atoms with E-state index in [-0.39, 0.29) is 18.2 Å². The van der Waals surface area contributed by atoms with Gasteiger partial charge in [0.25, 0.3) is 0 Å². The molecule has 0 spiro atoms. The topological polar surface area (TPSA) is 167 Å². The molecule has 59 heavy (non-hydrogen) atoms. The van der Waals surface area contributed by atoms with Gasteiger partial charge >= 0.3 is 24.1 Å². The number of nitrogens with zero attached hydrogens (tertiary/aromatic N) is 4. The molecule has 0 radical (unpaired) electrons. The number of rotatable bonds is 7. The molecule has 14 nitrogen and oxygen atoms in total. The number of hydrogen-bond acceptors (Lipinski definition) is 9. The highest BCUT2D eigenvalue weighted by Gasteiger charge is 2.38. The summed E-state index contributed by atoms with van der Waals surface area (Å²) in [6, 6.07) is 9.76. The molecule has 320 valence electrons. The van der Waals surface area contributed by atoms with Gasteiger partial charge in [-0.1, -0.05) is 47.8 Å². The number of amides is 2. The van der Waals surface area contributed by atoms with E-state index in [2.05, 4.69) is 47.8 Å². The zero-order valence-electron chi connectivity index (χ0n) is 34.5. The van der Waals surface area contributed by atoms with Gasteiger partial charge in [0, 0.05) is 70.4 Å². The maximum atomic E-state index is 12.7. The average Bonchev–Trinajstić information content (AvgIpc) is 3.97. The number of carbonyl (C=O) groups is 6. The van der Waals surface area contributed by atoms with E-state index in [1.807, 2.05) is 59.9 Å². The lowest BCUT2D eigenvalue weighted by atomic mass is 10.1. The first-order valence-electron chi connectivity index (χ1n) is 19.0. The average molecular weight is 1010 g/mol. The van der Waals surface area contributed by atoms with Crippen LogP contribution in [0, 0.1) is 0 Å². The molecule has 0 aliphatic carbocycles. The lowest BCUT2D eigenvalue weighted by molar-refractivity contribution is -0.147. The van der Waals surface area contributed by atoms with Gasteiger partial charge < -0.3 is 28.5 Å². The maximum absolute atomic E-state index is 12.7. The van der Waals surface area contributed by atoms with Crippen molar-refractivity contribution in [2.24, 2.45) is 14.1 Å². The smallest absolute Gasteiger partial charge is 0.411 e. The number of carboxylic acids is 1. The molecule has 4 aromatic rings. The number of ether oxygens (including phenoxy) is 3. The predicted octanol–water partition coefficient (Wildman–Crippen LogP) is 9.06. The van der Waals surface area contributed by atoms with E-state index in [4.69, 9.17) is 19.3 Å². The monoisotopic (exact) mass is 1010 g/mol. The van der Waals surface area contributed by atoms with E-state index in [0.717, 1.165) is 42.7 Å². The summed E-state index contributed by atoms with van der Waals surface area (Å²) < 4.78 is 21.5. The van der Waals surface area contributed by atoms with Gasteiger partial charge in [-0.15, -0.1) is 0 Å². The number of esters is 1. The lowest BCUT2D eigenvalue weighted by Crippen LogP contribution is -2.44. The van der Waals surface area contributed by atoms with Crippen molar-refractivity contribution in [2.75, 3.05) is 25.0 Å². The van der Waals surface area contributed by atoms with Crippen molar-refractivity contribution in [3.8, 4) is 0 Å². The van der Waals surface area contributed by atoms with Crippen LogP contribution in [-0.4, -0.2) is 108 Å². The van der Waals surface area contributed by atoms with E-state index < -0.39 is 47.4 Å². The second-order valence-corrected chi connectivity index (χ2v) is 18.4. The van der Waals surface area contributed by atoms with E-state index in [0.29, 0.717) is 43.2 Å². The van der Waals surface area contributed by atoms with Gasteiger partial charge in [0.2, 0.25) is 5.78 Å². The van der Waals surface area contributed by atoms with Crippen LogP contribution in [-0.2, 0) is 37.9 Å². The number of aromatic nitrogens is 2. The minimum Gasteiger partial charge on any atom is -0.480 e. The zero-order chi connectivity index (χ0) is 44.0. The first-order valence-corrected chi connectivity index (χ1v) is 21.7. The summed E-state index contributed by atoms with van der Waals surface area (Å²) in [5.74, 6) is -1.73. The molecule has 2 amide bonds. The van der Waals surface area contributed by atoms with Gasteiger partial charge in [0.05, 0.1) is 16.4 Å². The van der Waals surface area contributed by atoms with E-state index in [1.54, 1.807) is 53.7 Å². The third-order valence-corrected chi connectivity index (χ3v) is 11.2. The van der Waals surface area contributed by atoms with E-state index in [9.17, 15) is 28.8 Å². The summed E-state index contributed by atoms with van der Waals surface area (Å²) in [6.45, 7) is 11.1. The predicted molar refractivity (Wildman–Crippen MR) is 234 cm³/mol.